The maximum absolute atomic E-state index is 6.17. The minimum Gasteiger partial charge on any atom is -0.371 e. The zero-order chi connectivity index (χ0) is 14.6. The summed E-state index contributed by atoms with van der Waals surface area (Å²) < 4.78 is 6.17. The Morgan fingerprint density at radius 1 is 1.40 bits per heavy atom. The van der Waals surface area contributed by atoms with Gasteiger partial charge in [-0.15, -0.1) is 6.58 Å². The van der Waals surface area contributed by atoms with Gasteiger partial charge in [0.1, 0.15) is 0 Å². The van der Waals surface area contributed by atoms with Crippen LogP contribution in [0.4, 0.5) is 0 Å². The molecule has 2 rings (SSSR count). The van der Waals surface area contributed by atoms with Crippen molar-refractivity contribution in [3.8, 4) is 0 Å². The number of hydrogen-bond donors (Lipinski definition) is 0. The van der Waals surface area contributed by atoms with E-state index in [1.54, 1.807) is 0 Å². The van der Waals surface area contributed by atoms with Gasteiger partial charge < -0.3 is 4.74 Å². The first-order chi connectivity index (χ1) is 9.53. The Balaban J connectivity index is 1.99. The number of hydrogen-bond acceptors (Lipinski definition) is 2. The fourth-order valence-corrected chi connectivity index (χ4v) is 3.28. The summed E-state index contributed by atoms with van der Waals surface area (Å²) in [7, 11) is 0. The third-order valence-electron chi connectivity index (χ3n) is 3.84. The lowest BCUT2D eigenvalue weighted by molar-refractivity contribution is -0.0382. The zero-order valence-corrected chi connectivity index (χ0v) is 14.0. The molecule has 0 aromatic heterocycles. The number of rotatable bonds is 5. The summed E-state index contributed by atoms with van der Waals surface area (Å²) in [6.07, 6.45) is 2.18. The quantitative estimate of drug-likeness (QED) is 0.597. The van der Waals surface area contributed by atoms with Crippen LogP contribution in [-0.2, 0) is 11.3 Å². The molecule has 0 saturated carbocycles. The van der Waals surface area contributed by atoms with Crippen molar-refractivity contribution in [1.29, 1.82) is 0 Å². The molecule has 1 aliphatic rings. The van der Waals surface area contributed by atoms with Crippen LogP contribution in [0.5, 0.6) is 0 Å². The van der Waals surface area contributed by atoms with Gasteiger partial charge in [-0.25, -0.2) is 0 Å². The SMILES string of the molecule is C=CCN1C[C@@H](OCc2ccccc2)[C@@H](Br)C(C)(C)C1. The van der Waals surface area contributed by atoms with E-state index in [0.717, 1.165) is 19.6 Å². The molecule has 0 amide bonds. The Bertz CT molecular complexity index is 432. The van der Waals surface area contributed by atoms with Gasteiger partial charge in [0.2, 0.25) is 0 Å². The molecule has 0 aliphatic carbocycles. The first-order valence-electron chi connectivity index (χ1n) is 7.16. The van der Waals surface area contributed by atoms with Crippen LogP contribution >= 0.6 is 15.9 Å². The van der Waals surface area contributed by atoms with E-state index in [9.17, 15) is 0 Å². The molecule has 0 radical (unpaired) electrons. The minimum absolute atomic E-state index is 0.197. The second-order valence-electron chi connectivity index (χ2n) is 6.21. The summed E-state index contributed by atoms with van der Waals surface area (Å²) in [5.41, 5.74) is 1.42. The largest absolute Gasteiger partial charge is 0.371 e. The highest BCUT2D eigenvalue weighted by Gasteiger charge is 2.41. The van der Waals surface area contributed by atoms with Crippen molar-refractivity contribution in [3.63, 3.8) is 0 Å². The summed E-state index contributed by atoms with van der Waals surface area (Å²) in [6.45, 7) is 12.1. The summed E-state index contributed by atoms with van der Waals surface area (Å²) in [5, 5.41) is 0. The number of ether oxygens (including phenoxy) is 1. The molecule has 1 fully saturated rings. The molecular weight excluding hydrogens is 314 g/mol. The number of nitrogens with zero attached hydrogens (tertiary/aromatic N) is 1. The summed E-state index contributed by atoms with van der Waals surface area (Å²) in [4.78, 5) is 2.79. The molecule has 2 atom stereocenters. The van der Waals surface area contributed by atoms with Gasteiger partial charge in [-0.05, 0) is 11.0 Å². The zero-order valence-electron chi connectivity index (χ0n) is 12.4. The van der Waals surface area contributed by atoms with Gasteiger partial charge in [0, 0.05) is 24.5 Å². The smallest absolute Gasteiger partial charge is 0.0837 e. The van der Waals surface area contributed by atoms with E-state index < -0.39 is 0 Å². The second kappa shape index (κ2) is 6.88. The van der Waals surface area contributed by atoms with Crippen molar-refractivity contribution in [2.24, 2.45) is 5.41 Å². The molecule has 2 nitrogen and oxygen atoms in total. The Morgan fingerprint density at radius 3 is 2.75 bits per heavy atom. The predicted octanol–water partition coefficient (Wildman–Crippen LogP) is 3.86. The second-order valence-corrected chi connectivity index (χ2v) is 7.19. The third kappa shape index (κ3) is 3.94. The summed E-state index contributed by atoms with van der Waals surface area (Å²) >= 11 is 3.85. The topological polar surface area (TPSA) is 12.5 Å². The third-order valence-corrected chi connectivity index (χ3v) is 5.67. The fourth-order valence-electron chi connectivity index (χ4n) is 2.81. The van der Waals surface area contributed by atoms with E-state index in [4.69, 9.17) is 4.74 Å². The standard InChI is InChI=1S/C17H24BrNO/c1-4-10-19-11-15(16(18)17(2,3)13-19)20-12-14-8-6-5-7-9-14/h4-9,15-16H,1,10-13H2,2-3H3/t15-,16-/m1/s1. The number of halogens is 1. The molecule has 1 saturated heterocycles. The van der Waals surface area contributed by atoms with Gasteiger partial charge in [-0.2, -0.15) is 0 Å². The predicted molar refractivity (Wildman–Crippen MR) is 88.2 cm³/mol. The molecule has 1 aromatic rings. The van der Waals surface area contributed by atoms with Crippen LogP contribution < -0.4 is 0 Å². The molecule has 0 spiro atoms. The van der Waals surface area contributed by atoms with E-state index in [-0.39, 0.29) is 11.5 Å². The van der Waals surface area contributed by atoms with Crippen LogP contribution in [0, 0.1) is 5.41 Å². The van der Waals surface area contributed by atoms with Crippen molar-refractivity contribution >= 4 is 15.9 Å². The maximum atomic E-state index is 6.17. The van der Waals surface area contributed by atoms with Crippen molar-refractivity contribution < 1.29 is 4.74 Å². The lowest BCUT2D eigenvalue weighted by Crippen LogP contribution is -2.55. The monoisotopic (exact) mass is 337 g/mol. The first-order valence-corrected chi connectivity index (χ1v) is 8.07. The van der Waals surface area contributed by atoms with Gasteiger partial charge in [0.25, 0.3) is 0 Å². The van der Waals surface area contributed by atoms with Crippen LogP contribution in [0.2, 0.25) is 0 Å². The highest BCUT2D eigenvalue weighted by atomic mass is 79.9. The van der Waals surface area contributed by atoms with Gasteiger partial charge in [-0.3, -0.25) is 4.90 Å². The molecular formula is C17H24BrNO. The van der Waals surface area contributed by atoms with Gasteiger partial charge in [0.15, 0.2) is 0 Å². The van der Waals surface area contributed by atoms with Crippen LogP contribution in [0.15, 0.2) is 43.0 Å². The van der Waals surface area contributed by atoms with Crippen LogP contribution in [0.3, 0.4) is 0 Å². The summed E-state index contributed by atoms with van der Waals surface area (Å²) in [6, 6.07) is 10.4. The Kier molecular flexibility index (Phi) is 5.42. The first kappa shape index (κ1) is 15.7. The Labute approximate surface area is 130 Å². The normalized spacial score (nSPS) is 26.4. The van der Waals surface area contributed by atoms with E-state index in [2.05, 4.69) is 65.5 Å². The Hall–Kier alpha value is -0.640. The number of benzene rings is 1. The van der Waals surface area contributed by atoms with E-state index in [1.165, 1.54) is 5.56 Å². The molecule has 20 heavy (non-hydrogen) atoms. The fraction of sp³-hybridized carbons (Fsp3) is 0.529. The van der Waals surface area contributed by atoms with Gasteiger partial charge in [-0.1, -0.05) is 66.2 Å². The highest BCUT2D eigenvalue weighted by Crippen LogP contribution is 2.36. The molecule has 1 heterocycles. The van der Waals surface area contributed by atoms with E-state index >= 15 is 0 Å². The lowest BCUT2D eigenvalue weighted by Gasteiger charge is -2.46. The van der Waals surface area contributed by atoms with Gasteiger partial charge >= 0.3 is 0 Å². The minimum atomic E-state index is 0.197. The maximum Gasteiger partial charge on any atom is 0.0837 e. The average Bonchev–Trinajstić information content (AvgIpc) is 2.42. The van der Waals surface area contributed by atoms with E-state index in [0.29, 0.717) is 11.4 Å². The van der Waals surface area contributed by atoms with Crippen molar-refractivity contribution in [1.82, 2.24) is 4.90 Å². The average molecular weight is 338 g/mol. The number of piperidine rings is 1. The van der Waals surface area contributed by atoms with E-state index in [1.807, 2.05) is 12.1 Å². The van der Waals surface area contributed by atoms with Gasteiger partial charge in [0.05, 0.1) is 12.7 Å². The van der Waals surface area contributed by atoms with Crippen LogP contribution in [-0.4, -0.2) is 35.5 Å². The summed E-state index contributed by atoms with van der Waals surface area (Å²) in [5.74, 6) is 0. The number of likely N-dealkylation sites (tertiary alicyclic amines) is 1. The molecule has 0 bridgehead atoms. The lowest BCUT2D eigenvalue weighted by atomic mass is 9.82. The molecule has 1 aliphatic heterocycles. The van der Waals surface area contributed by atoms with Crippen molar-refractivity contribution in [2.45, 2.75) is 31.4 Å². The Morgan fingerprint density at radius 2 is 2.10 bits per heavy atom. The number of alkyl halides is 1. The van der Waals surface area contributed by atoms with Crippen molar-refractivity contribution in [3.05, 3.63) is 48.6 Å². The molecule has 110 valence electrons. The highest BCUT2D eigenvalue weighted by molar-refractivity contribution is 9.09. The van der Waals surface area contributed by atoms with Crippen LogP contribution in [0.1, 0.15) is 19.4 Å². The molecule has 3 heteroatoms. The molecule has 0 unspecified atom stereocenters. The molecule has 0 N–H and O–H groups in total. The van der Waals surface area contributed by atoms with Crippen molar-refractivity contribution in [2.75, 3.05) is 19.6 Å². The molecule has 1 aromatic carbocycles. The van der Waals surface area contributed by atoms with Crippen LogP contribution in [0.25, 0.3) is 0 Å².